The van der Waals surface area contributed by atoms with Crippen molar-refractivity contribution in [2.75, 3.05) is 6.61 Å². The Bertz CT molecular complexity index is 496. The van der Waals surface area contributed by atoms with E-state index in [1.54, 1.807) is 0 Å². The van der Waals surface area contributed by atoms with Crippen LogP contribution in [0.5, 0.6) is 0 Å². The number of aliphatic hydroxyl groups excluding tert-OH is 2. The van der Waals surface area contributed by atoms with Gasteiger partial charge in [0.25, 0.3) is 0 Å². The number of hydrogen-bond acceptors (Lipinski definition) is 3. The second-order valence-corrected chi connectivity index (χ2v) is 4.83. The number of nitrogens with one attached hydrogen (secondary N) is 1. The van der Waals surface area contributed by atoms with Crippen LogP contribution in [0.3, 0.4) is 0 Å². The number of aliphatic hydroxyl groups is 2. The van der Waals surface area contributed by atoms with Crippen LogP contribution >= 0.6 is 0 Å². The van der Waals surface area contributed by atoms with Crippen molar-refractivity contribution in [1.82, 2.24) is 5.32 Å². The van der Waals surface area contributed by atoms with Gasteiger partial charge >= 0.3 is 0 Å². The van der Waals surface area contributed by atoms with Crippen molar-refractivity contribution in [3.8, 4) is 0 Å². The van der Waals surface area contributed by atoms with E-state index in [-0.39, 0.29) is 19.3 Å². The van der Waals surface area contributed by atoms with E-state index in [2.05, 4.69) is 17.4 Å². The Morgan fingerprint density at radius 3 is 2.10 bits per heavy atom. The van der Waals surface area contributed by atoms with E-state index in [0.717, 1.165) is 12.1 Å². The molecule has 3 nitrogen and oxygen atoms in total. The minimum absolute atomic E-state index is 0.0743. The van der Waals surface area contributed by atoms with E-state index >= 15 is 0 Å². The summed E-state index contributed by atoms with van der Waals surface area (Å²) in [5, 5.41) is 21.7. The van der Waals surface area contributed by atoms with E-state index < -0.39 is 0 Å². The number of hydrogen-bond donors (Lipinski definition) is 3. The maximum atomic E-state index is 9.20. The SMILES string of the molecule is OCCC(NCc1ccc(CO)cc1)c1ccccc1. The van der Waals surface area contributed by atoms with E-state index in [1.807, 2.05) is 42.5 Å². The fourth-order valence-electron chi connectivity index (χ4n) is 2.20. The van der Waals surface area contributed by atoms with Gasteiger partial charge in [-0.05, 0) is 23.1 Å². The smallest absolute Gasteiger partial charge is 0.0681 e. The van der Waals surface area contributed by atoms with Gasteiger partial charge in [-0.15, -0.1) is 0 Å². The molecule has 0 bridgehead atoms. The van der Waals surface area contributed by atoms with Crippen LogP contribution < -0.4 is 5.32 Å². The molecule has 0 heterocycles. The Kier molecular flexibility index (Phi) is 5.74. The van der Waals surface area contributed by atoms with Gasteiger partial charge in [-0.25, -0.2) is 0 Å². The van der Waals surface area contributed by atoms with Crippen LogP contribution in [0.15, 0.2) is 54.6 Å². The van der Waals surface area contributed by atoms with Crippen LogP contribution in [0, 0.1) is 0 Å². The molecule has 3 N–H and O–H groups in total. The highest BCUT2D eigenvalue weighted by atomic mass is 16.3. The summed E-state index contributed by atoms with van der Waals surface area (Å²) in [5.74, 6) is 0. The average molecular weight is 271 g/mol. The van der Waals surface area contributed by atoms with Crippen molar-refractivity contribution in [3.63, 3.8) is 0 Å². The summed E-state index contributed by atoms with van der Waals surface area (Å²) in [6.45, 7) is 0.978. The van der Waals surface area contributed by atoms with Gasteiger partial charge in [-0.1, -0.05) is 54.6 Å². The summed E-state index contributed by atoms with van der Waals surface area (Å²) >= 11 is 0. The Balaban J connectivity index is 1.98. The highest BCUT2D eigenvalue weighted by Gasteiger charge is 2.09. The molecule has 0 aliphatic heterocycles. The quantitative estimate of drug-likeness (QED) is 0.725. The zero-order valence-corrected chi connectivity index (χ0v) is 11.5. The van der Waals surface area contributed by atoms with Gasteiger partial charge in [0.05, 0.1) is 6.61 Å². The summed E-state index contributed by atoms with van der Waals surface area (Å²) in [6, 6.07) is 18.2. The summed E-state index contributed by atoms with van der Waals surface area (Å²) in [4.78, 5) is 0. The van der Waals surface area contributed by atoms with Gasteiger partial charge in [-0.2, -0.15) is 0 Å². The highest BCUT2D eigenvalue weighted by molar-refractivity contribution is 5.23. The monoisotopic (exact) mass is 271 g/mol. The summed E-state index contributed by atoms with van der Waals surface area (Å²) in [6.07, 6.45) is 0.693. The molecule has 2 aromatic carbocycles. The Labute approximate surface area is 119 Å². The van der Waals surface area contributed by atoms with Gasteiger partial charge in [-0.3, -0.25) is 0 Å². The van der Waals surface area contributed by atoms with E-state index in [0.29, 0.717) is 6.42 Å². The Morgan fingerprint density at radius 1 is 0.850 bits per heavy atom. The van der Waals surface area contributed by atoms with Gasteiger partial charge in [0.1, 0.15) is 0 Å². The zero-order chi connectivity index (χ0) is 14.2. The van der Waals surface area contributed by atoms with Crippen molar-refractivity contribution >= 4 is 0 Å². The molecule has 0 saturated heterocycles. The summed E-state index contributed by atoms with van der Waals surface area (Å²) in [5.41, 5.74) is 3.28. The van der Waals surface area contributed by atoms with Crippen LogP contribution in [0.25, 0.3) is 0 Å². The third-order valence-corrected chi connectivity index (χ3v) is 3.38. The van der Waals surface area contributed by atoms with Crippen molar-refractivity contribution in [2.45, 2.75) is 25.6 Å². The molecular formula is C17H21NO2. The second kappa shape index (κ2) is 7.80. The van der Waals surface area contributed by atoms with Crippen LogP contribution in [0.2, 0.25) is 0 Å². The molecule has 0 spiro atoms. The first-order valence-electron chi connectivity index (χ1n) is 6.91. The first kappa shape index (κ1) is 14.7. The minimum Gasteiger partial charge on any atom is -0.396 e. The van der Waals surface area contributed by atoms with Crippen LogP contribution in [0.4, 0.5) is 0 Å². The van der Waals surface area contributed by atoms with Gasteiger partial charge in [0.15, 0.2) is 0 Å². The Hall–Kier alpha value is -1.68. The number of rotatable bonds is 7. The predicted octanol–water partition coefficient (Wildman–Crippen LogP) is 2.39. The summed E-state index contributed by atoms with van der Waals surface area (Å²) < 4.78 is 0. The fraction of sp³-hybridized carbons (Fsp3) is 0.294. The van der Waals surface area contributed by atoms with Crippen LogP contribution in [-0.4, -0.2) is 16.8 Å². The maximum Gasteiger partial charge on any atom is 0.0681 e. The molecule has 1 atom stereocenters. The molecule has 106 valence electrons. The molecule has 2 rings (SSSR count). The molecule has 3 heteroatoms. The molecule has 0 aliphatic rings. The molecule has 0 aromatic heterocycles. The largest absolute Gasteiger partial charge is 0.396 e. The Morgan fingerprint density at radius 2 is 1.50 bits per heavy atom. The molecule has 0 saturated carbocycles. The highest BCUT2D eigenvalue weighted by Crippen LogP contribution is 2.17. The minimum atomic E-state index is 0.0743. The lowest BCUT2D eigenvalue weighted by Gasteiger charge is -2.18. The van der Waals surface area contributed by atoms with Gasteiger partial charge < -0.3 is 15.5 Å². The normalized spacial score (nSPS) is 12.3. The number of benzene rings is 2. The predicted molar refractivity (Wildman–Crippen MR) is 80.1 cm³/mol. The molecule has 0 radical (unpaired) electrons. The second-order valence-electron chi connectivity index (χ2n) is 4.83. The fourth-order valence-corrected chi connectivity index (χ4v) is 2.20. The molecule has 20 heavy (non-hydrogen) atoms. The van der Waals surface area contributed by atoms with Crippen molar-refractivity contribution in [2.24, 2.45) is 0 Å². The van der Waals surface area contributed by atoms with E-state index in [4.69, 9.17) is 5.11 Å². The molecule has 0 aliphatic carbocycles. The van der Waals surface area contributed by atoms with E-state index in [9.17, 15) is 5.11 Å². The standard InChI is InChI=1S/C17H21NO2/c19-11-10-17(16-4-2-1-3-5-16)18-12-14-6-8-15(13-20)9-7-14/h1-9,17-20H,10-13H2. The van der Waals surface area contributed by atoms with Crippen LogP contribution in [0.1, 0.15) is 29.2 Å². The third kappa shape index (κ3) is 4.17. The molecule has 2 aromatic rings. The van der Waals surface area contributed by atoms with Gasteiger partial charge in [0, 0.05) is 19.2 Å². The lowest BCUT2D eigenvalue weighted by Crippen LogP contribution is -2.22. The molecule has 0 fully saturated rings. The van der Waals surface area contributed by atoms with E-state index in [1.165, 1.54) is 11.1 Å². The lowest BCUT2D eigenvalue weighted by atomic mass is 10.0. The van der Waals surface area contributed by atoms with Gasteiger partial charge in [0.2, 0.25) is 0 Å². The van der Waals surface area contributed by atoms with Crippen molar-refractivity contribution in [3.05, 3.63) is 71.3 Å². The topological polar surface area (TPSA) is 52.5 Å². The first-order chi connectivity index (χ1) is 9.83. The molecule has 0 amide bonds. The van der Waals surface area contributed by atoms with Crippen molar-refractivity contribution in [1.29, 1.82) is 0 Å². The first-order valence-corrected chi connectivity index (χ1v) is 6.91. The summed E-state index contributed by atoms with van der Waals surface area (Å²) in [7, 11) is 0. The zero-order valence-electron chi connectivity index (χ0n) is 11.5. The maximum absolute atomic E-state index is 9.20. The molecule has 1 unspecified atom stereocenters. The average Bonchev–Trinajstić information content (AvgIpc) is 2.53. The van der Waals surface area contributed by atoms with Crippen LogP contribution in [-0.2, 0) is 13.2 Å². The van der Waals surface area contributed by atoms with Crippen molar-refractivity contribution < 1.29 is 10.2 Å². The lowest BCUT2D eigenvalue weighted by molar-refractivity contribution is 0.265. The molecular weight excluding hydrogens is 250 g/mol. The third-order valence-electron chi connectivity index (χ3n) is 3.38.